The number of ether oxygens (including phenoxy) is 2. The molecule has 2 N–H and O–H groups in total. The largest absolute Gasteiger partial charge is 0.494 e. The maximum atomic E-state index is 13.7. The molecule has 0 spiro atoms. The van der Waals surface area contributed by atoms with Crippen molar-refractivity contribution in [3.8, 4) is 5.75 Å². The molecule has 0 amide bonds. The summed E-state index contributed by atoms with van der Waals surface area (Å²) in [7, 11) is 3.16. The zero-order chi connectivity index (χ0) is 14.3. The van der Waals surface area contributed by atoms with Crippen molar-refractivity contribution < 1.29 is 13.9 Å². The third-order valence-corrected chi connectivity index (χ3v) is 4.20. The van der Waals surface area contributed by atoms with E-state index in [1.807, 2.05) is 4.57 Å². The molecule has 0 atom stereocenters. The number of hydrogen-bond acceptors (Lipinski definition) is 4. The number of benzene rings is 1. The van der Waals surface area contributed by atoms with E-state index >= 15 is 0 Å². The van der Waals surface area contributed by atoms with E-state index < -0.39 is 5.82 Å². The highest BCUT2D eigenvalue weighted by Gasteiger charge is 2.38. The molecule has 1 aliphatic carbocycles. The van der Waals surface area contributed by atoms with Crippen molar-refractivity contribution in [1.29, 1.82) is 0 Å². The summed E-state index contributed by atoms with van der Waals surface area (Å²) in [5, 5.41) is 0. The van der Waals surface area contributed by atoms with Crippen molar-refractivity contribution in [1.82, 2.24) is 9.55 Å². The minimum absolute atomic E-state index is 0.177. The summed E-state index contributed by atoms with van der Waals surface area (Å²) in [5.41, 5.74) is 7.09. The molecule has 5 nitrogen and oxygen atoms in total. The molecule has 0 radical (unpaired) electrons. The predicted molar refractivity (Wildman–Crippen MR) is 74.2 cm³/mol. The first-order valence-corrected chi connectivity index (χ1v) is 6.63. The van der Waals surface area contributed by atoms with Crippen LogP contribution in [-0.4, -0.2) is 29.4 Å². The van der Waals surface area contributed by atoms with Gasteiger partial charge in [0.25, 0.3) is 0 Å². The van der Waals surface area contributed by atoms with Gasteiger partial charge in [-0.1, -0.05) is 0 Å². The molecule has 108 valence electrons. The van der Waals surface area contributed by atoms with Crippen LogP contribution in [0.25, 0.3) is 11.0 Å². The Bertz CT molecular complexity index is 644. The second kappa shape index (κ2) is 4.63. The molecular weight excluding hydrogens is 261 g/mol. The molecule has 0 aliphatic heterocycles. The molecule has 1 fully saturated rings. The van der Waals surface area contributed by atoms with E-state index in [1.165, 1.54) is 13.2 Å². The van der Waals surface area contributed by atoms with Gasteiger partial charge in [-0.25, -0.2) is 9.37 Å². The maximum absolute atomic E-state index is 13.7. The second-order valence-electron chi connectivity index (χ2n) is 5.27. The number of rotatable bonds is 4. The van der Waals surface area contributed by atoms with Crippen molar-refractivity contribution in [3.63, 3.8) is 0 Å². The van der Waals surface area contributed by atoms with Gasteiger partial charge in [0.2, 0.25) is 5.95 Å². The molecule has 1 aliphatic rings. The number of nitrogen functional groups attached to an aromatic ring is 1. The van der Waals surface area contributed by atoms with Gasteiger partial charge >= 0.3 is 0 Å². The van der Waals surface area contributed by atoms with Crippen LogP contribution in [0.3, 0.4) is 0 Å². The Morgan fingerprint density at radius 3 is 2.70 bits per heavy atom. The van der Waals surface area contributed by atoms with Crippen LogP contribution >= 0.6 is 0 Å². The molecule has 3 rings (SSSR count). The first kappa shape index (κ1) is 13.2. The molecule has 1 heterocycles. The normalized spacial score (nSPS) is 17.1. The van der Waals surface area contributed by atoms with Crippen LogP contribution in [0.15, 0.2) is 12.1 Å². The van der Waals surface area contributed by atoms with Crippen molar-refractivity contribution in [2.75, 3.05) is 20.0 Å². The van der Waals surface area contributed by atoms with Gasteiger partial charge in [-0.05, 0) is 19.3 Å². The second-order valence-corrected chi connectivity index (χ2v) is 5.27. The molecule has 20 heavy (non-hydrogen) atoms. The number of methoxy groups -OCH3 is 2. The zero-order valence-corrected chi connectivity index (χ0v) is 11.6. The Hall–Kier alpha value is -1.82. The van der Waals surface area contributed by atoms with E-state index in [2.05, 4.69) is 4.98 Å². The van der Waals surface area contributed by atoms with Gasteiger partial charge in [0, 0.05) is 19.2 Å². The van der Waals surface area contributed by atoms with E-state index in [9.17, 15) is 4.39 Å². The van der Waals surface area contributed by atoms with E-state index in [1.54, 1.807) is 13.2 Å². The van der Waals surface area contributed by atoms with Crippen LogP contribution in [-0.2, 0) is 11.3 Å². The fourth-order valence-electron chi connectivity index (χ4n) is 2.75. The standard InChI is InChI=1S/C14H18FN3O2/c1-19-12-7-11-10(6-9(12)15)17-13(16)18(11)8-14(20-2)4-3-5-14/h6-7H,3-5,8H2,1-2H3,(H2,16,17). The van der Waals surface area contributed by atoms with E-state index in [4.69, 9.17) is 15.2 Å². The van der Waals surface area contributed by atoms with E-state index in [0.29, 0.717) is 18.0 Å². The van der Waals surface area contributed by atoms with Crippen molar-refractivity contribution in [2.24, 2.45) is 0 Å². The van der Waals surface area contributed by atoms with Crippen LogP contribution in [0.2, 0.25) is 0 Å². The fraction of sp³-hybridized carbons (Fsp3) is 0.500. The SMILES string of the molecule is COc1cc2c(cc1F)nc(N)n2CC1(OC)CCC1. The average Bonchev–Trinajstić information content (AvgIpc) is 2.67. The van der Waals surface area contributed by atoms with E-state index in [0.717, 1.165) is 24.8 Å². The Balaban J connectivity index is 2.07. The maximum Gasteiger partial charge on any atom is 0.201 e. The number of nitrogens with two attached hydrogens (primary N) is 1. The molecular formula is C14H18FN3O2. The van der Waals surface area contributed by atoms with Gasteiger partial charge in [0.1, 0.15) is 0 Å². The zero-order valence-electron chi connectivity index (χ0n) is 11.6. The van der Waals surface area contributed by atoms with Crippen molar-refractivity contribution in [2.45, 2.75) is 31.4 Å². The summed E-state index contributed by atoms with van der Waals surface area (Å²) >= 11 is 0. The van der Waals surface area contributed by atoms with Gasteiger partial charge in [-0.15, -0.1) is 0 Å². The Morgan fingerprint density at radius 2 is 2.15 bits per heavy atom. The fourth-order valence-corrected chi connectivity index (χ4v) is 2.75. The Morgan fingerprint density at radius 1 is 1.40 bits per heavy atom. The lowest BCUT2D eigenvalue weighted by Crippen LogP contribution is -2.43. The molecule has 1 aromatic carbocycles. The summed E-state index contributed by atoms with van der Waals surface area (Å²) in [4.78, 5) is 4.22. The third kappa shape index (κ3) is 1.91. The number of nitrogens with zero attached hydrogens (tertiary/aromatic N) is 2. The first-order chi connectivity index (χ1) is 9.58. The quantitative estimate of drug-likeness (QED) is 0.933. The lowest BCUT2D eigenvalue weighted by Gasteiger charge is -2.40. The monoisotopic (exact) mass is 279 g/mol. The molecule has 1 aromatic heterocycles. The molecule has 1 saturated carbocycles. The Kier molecular flexibility index (Phi) is 3.05. The predicted octanol–water partition coefficient (Wildman–Crippen LogP) is 2.34. The highest BCUT2D eigenvalue weighted by Crippen LogP contribution is 2.38. The minimum Gasteiger partial charge on any atom is -0.494 e. The third-order valence-electron chi connectivity index (χ3n) is 4.20. The Labute approximate surface area is 116 Å². The minimum atomic E-state index is -0.435. The number of hydrogen-bond donors (Lipinski definition) is 1. The highest BCUT2D eigenvalue weighted by molar-refractivity contribution is 5.80. The number of imidazole rings is 1. The van der Waals surface area contributed by atoms with Gasteiger partial charge in [-0.2, -0.15) is 0 Å². The molecule has 0 unspecified atom stereocenters. The summed E-state index contributed by atoms with van der Waals surface area (Å²) in [6, 6.07) is 2.98. The smallest absolute Gasteiger partial charge is 0.201 e. The summed E-state index contributed by atoms with van der Waals surface area (Å²) < 4.78 is 26.2. The van der Waals surface area contributed by atoms with Crippen LogP contribution in [0.5, 0.6) is 5.75 Å². The average molecular weight is 279 g/mol. The number of halogens is 1. The lowest BCUT2D eigenvalue weighted by atomic mass is 9.80. The topological polar surface area (TPSA) is 62.3 Å². The van der Waals surface area contributed by atoms with Crippen LogP contribution in [0, 0.1) is 5.82 Å². The van der Waals surface area contributed by atoms with Gasteiger partial charge in [0.15, 0.2) is 11.6 Å². The molecule has 0 saturated heterocycles. The summed E-state index contributed by atoms with van der Waals surface area (Å²) in [6.07, 6.45) is 3.15. The number of fused-ring (bicyclic) bond motifs is 1. The van der Waals surface area contributed by atoms with Gasteiger partial charge in [-0.3, -0.25) is 0 Å². The summed E-state index contributed by atoms with van der Waals surface area (Å²) in [6.45, 7) is 0.626. The molecule has 6 heteroatoms. The van der Waals surface area contributed by atoms with E-state index in [-0.39, 0.29) is 11.4 Å². The molecule has 0 bridgehead atoms. The van der Waals surface area contributed by atoms with Crippen molar-refractivity contribution in [3.05, 3.63) is 17.9 Å². The van der Waals surface area contributed by atoms with Crippen LogP contribution < -0.4 is 10.5 Å². The number of aromatic nitrogens is 2. The highest BCUT2D eigenvalue weighted by atomic mass is 19.1. The van der Waals surface area contributed by atoms with Crippen LogP contribution in [0.1, 0.15) is 19.3 Å². The van der Waals surface area contributed by atoms with Crippen molar-refractivity contribution >= 4 is 17.0 Å². The van der Waals surface area contributed by atoms with Gasteiger partial charge in [0.05, 0.1) is 30.3 Å². The first-order valence-electron chi connectivity index (χ1n) is 6.63. The summed E-state index contributed by atoms with van der Waals surface area (Å²) in [5.74, 6) is 0.129. The van der Waals surface area contributed by atoms with Gasteiger partial charge < -0.3 is 19.8 Å². The number of anilines is 1. The van der Waals surface area contributed by atoms with Crippen LogP contribution in [0.4, 0.5) is 10.3 Å². The lowest BCUT2D eigenvalue weighted by molar-refractivity contribution is -0.0824. The molecule has 2 aromatic rings.